The summed E-state index contributed by atoms with van der Waals surface area (Å²) in [4.78, 5) is 17.1. The molecule has 1 unspecified atom stereocenters. The van der Waals surface area contributed by atoms with Crippen molar-refractivity contribution in [2.45, 2.75) is 18.9 Å². The van der Waals surface area contributed by atoms with Crippen LogP contribution < -0.4 is 5.32 Å². The average Bonchev–Trinajstić information content (AvgIpc) is 3.30. The Hall–Kier alpha value is -2.67. The molecule has 3 aromatic heterocycles. The van der Waals surface area contributed by atoms with Crippen LogP contribution >= 0.6 is 0 Å². The van der Waals surface area contributed by atoms with E-state index in [1.54, 1.807) is 10.9 Å². The highest BCUT2D eigenvalue weighted by atomic mass is 16.5. The molecule has 7 heteroatoms. The van der Waals surface area contributed by atoms with E-state index in [1.807, 2.05) is 42.0 Å². The van der Waals surface area contributed by atoms with Gasteiger partial charge in [0, 0.05) is 38.2 Å². The molecule has 7 nitrogen and oxygen atoms in total. The monoisotopic (exact) mass is 325 g/mol. The van der Waals surface area contributed by atoms with Gasteiger partial charge in [-0.3, -0.25) is 9.48 Å². The first-order valence-corrected chi connectivity index (χ1v) is 8.03. The Labute approximate surface area is 139 Å². The van der Waals surface area contributed by atoms with Gasteiger partial charge in [-0.25, -0.2) is 4.98 Å². The van der Waals surface area contributed by atoms with Gasteiger partial charge >= 0.3 is 0 Å². The standard InChI is InChI=1S/C17H19N5O2/c1-21-10-14(16(20-21)12-5-7-24-11-12)17(23)18-8-13-9-22-6-3-2-4-15(22)19-13/h2-4,6,9-10,12H,5,7-8,11H2,1H3,(H,18,23). The maximum atomic E-state index is 12.6. The second-order valence-corrected chi connectivity index (χ2v) is 6.04. The molecule has 0 saturated carbocycles. The first-order chi connectivity index (χ1) is 11.7. The number of hydrogen-bond donors (Lipinski definition) is 1. The minimum Gasteiger partial charge on any atom is -0.381 e. The fourth-order valence-corrected chi connectivity index (χ4v) is 3.07. The number of amides is 1. The highest BCUT2D eigenvalue weighted by Gasteiger charge is 2.26. The van der Waals surface area contributed by atoms with Crippen molar-refractivity contribution in [3.05, 3.63) is 53.7 Å². The number of aryl methyl sites for hydroxylation is 1. The van der Waals surface area contributed by atoms with Gasteiger partial charge in [0.2, 0.25) is 0 Å². The summed E-state index contributed by atoms with van der Waals surface area (Å²) < 4.78 is 9.05. The van der Waals surface area contributed by atoms with Gasteiger partial charge in [-0.2, -0.15) is 5.10 Å². The summed E-state index contributed by atoms with van der Waals surface area (Å²) in [5, 5.41) is 7.40. The van der Waals surface area contributed by atoms with E-state index in [4.69, 9.17) is 4.74 Å². The van der Waals surface area contributed by atoms with E-state index in [-0.39, 0.29) is 11.8 Å². The third-order valence-corrected chi connectivity index (χ3v) is 4.26. The largest absolute Gasteiger partial charge is 0.381 e. The zero-order valence-corrected chi connectivity index (χ0v) is 13.5. The summed E-state index contributed by atoms with van der Waals surface area (Å²) in [6.45, 7) is 1.74. The van der Waals surface area contributed by atoms with Crippen LogP contribution in [0, 0.1) is 0 Å². The number of hydrogen-bond acceptors (Lipinski definition) is 4. The Morgan fingerprint density at radius 2 is 2.33 bits per heavy atom. The molecule has 1 aliphatic heterocycles. The molecule has 0 spiro atoms. The minimum atomic E-state index is -0.123. The third kappa shape index (κ3) is 2.78. The average molecular weight is 325 g/mol. The molecular formula is C17H19N5O2. The first kappa shape index (κ1) is 14.9. The van der Waals surface area contributed by atoms with Crippen molar-refractivity contribution in [3.63, 3.8) is 0 Å². The van der Waals surface area contributed by atoms with Crippen LogP contribution in [0.2, 0.25) is 0 Å². The van der Waals surface area contributed by atoms with Crippen LogP contribution in [0.1, 0.15) is 34.1 Å². The van der Waals surface area contributed by atoms with Crippen molar-refractivity contribution in [2.75, 3.05) is 13.2 Å². The van der Waals surface area contributed by atoms with Gasteiger partial charge in [-0.1, -0.05) is 6.07 Å². The molecule has 1 fully saturated rings. The zero-order valence-electron chi connectivity index (χ0n) is 13.5. The van der Waals surface area contributed by atoms with Crippen LogP contribution in [0.4, 0.5) is 0 Å². The lowest BCUT2D eigenvalue weighted by molar-refractivity contribution is 0.0949. The highest BCUT2D eigenvalue weighted by molar-refractivity contribution is 5.95. The van der Waals surface area contributed by atoms with Gasteiger partial charge < -0.3 is 14.5 Å². The lowest BCUT2D eigenvalue weighted by atomic mass is 10.0. The van der Waals surface area contributed by atoms with E-state index in [0.29, 0.717) is 18.7 Å². The van der Waals surface area contributed by atoms with Crippen molar-refractivity contribution >= 4 is 11.6 Å². The lowest BCUT2D eigenvalue weighted by Crippen LogP contribution is -2.24. The van der Waals surface area contributed by atoms with E-state index in [9.17, 15) is 4.79 Å². The van der Waals surface area contributed by atoms with Crippen molar-refractivity contribution in [2.24, 2.45) is 7.05 Å². The molecule has 0 aromatic carbocycles. The number of rotatable bonds is 4. The van der Waals surface area contributed by atoms with Crippen molar-refractivity contribution in [3.8, 4) is 0 Å². The normalized spacial score (nSPS) is 17.5. The molecule has 1 atom stereocenters. The van der Waals surface area contributed by atoms with Gasteiger partial charge in [0.1, 0.15) is 5.65 Å². The van der Waals surface area contributed by atoms with E-state index >= 15 is 0 Å². The highest BCUT2D eigenvalue weighted by Crippen LogP contribution is 2.26. The van der Waals surface area contributed by atoms with Crippen molar-refractivity contribution in [1.29, 1.82) is 0 Å². The Balaban J connectivity index is 1.50. The third-order valence-electron chi connectivity index (χ3n) is 4.26. The van der Waals surface area contributed by atoms with Crippen molar-refractivity contribution in [1.82, 2.24) is 24.5 Å². The zero-order chi connectivity index (χ0) is 16.5. The maximum absolute atomic E-state index is 12.6. The lowest BCUT2D eigenvalue weighted by Gasteiger charge is -2.07. The molecule has 1 N–H and O–H groups in total. The fraction of sp³-hybridized carbons (Fsp3) is 0.353. The van der Waals surface area contributed by atoms with Crippen molar-refractivity contribution < 1.29 is 9.53 Å². The van der Waals surface area contributed by atoms with E-state index in [1.165, 1.54) is 0 Å². The van der Waals surface area contributed by atoms with Crippen LogP contribution in [0.3, 0.4) is 0 Å². The number of aromatic nitrogens is 4. The Morgan fingerprint density at radius 3 is 3.12 bits per heavy atom. The summed E-state index contributed by atoms with van der Waals surface area (Å²) in [6.07, 6.45) is 6.54. The molecule has 124 valence electrons. The summed E-state index contributed by atoms with van der Waals surface area (Å²) >= 11 is 0. The molecule has 0 aliphatic carbocycles. The number of carbonyl (C=O) groups excluding carboxylic acids is 1. The fourth-order valence-electron chi connectivity index (χ4n) is 3.07. The summed E-state index contributed by atoms with van der Waals surface area (Å²) in [6, 6.07) is 5.82. The van der Waals surface area contributed by atoms with Gasteiger partial charge in [0.15, 0.2) is 0 Å². The summed E-state index contributed by atoms with van der Waals surface area (Å²) in [7, 11) is 1.83. The molecule has 1 aliphatic rings. The Kier molecular flexibility index (Phi) is 3.78. The van der Waals surface area contributed by atoms with Crippen LogP contribution in [-0.4, -0.2) is 38.3 Å². The van der Waals surface area contributed by atoms with Crippen LogP contribution in [-0.2, 0) is 18.3 Å². The summed E-state index contributed by atoms with van der Waals surface area (Å²) in [5.74, 6) is 0.0733. The molecular weight excluding hydrogens is 306 g/mol. The molecule has 4 rings (SSSR count). The molecule has 1 amide bonds. The molecule has 4 heterocycles. The van der Waals surface area contributed by atoms with E-state index < -0.39 is 0 Å². The van der Waals surface area contributed by atoms with Crippen LogP contribution in [0.15, 0.2) is 36.8 Å². The number of nitrogens with zero attached hydrogens (tertiary/aromatic N) is 4. The summed E-state index contributed by atoms with van der Waals surface area (Å²) in [5.41, 5.74) is 3.13. The first-order valence-electron chi connectivity index (χ1n) is 8.03. The van der Waals surface area contributed by atoms with Gasteiger partial charge in [0.05, 0.1) is 30.1 Å². The minimum absolute atomic E-state index is 0.123. The number of imidazole rings is 1. The maximum Gasteiger partial charge on any atom is 0.255 e. The van der Waals surface area contributed by atoms with Gasteiger partial charge in [-0.15, -0.1) is 0 Å². The molecule has 0 bridgehead atoms. The predicted molar refractivity (Wildman–Crippen MR) is 87.7 cm³/mol. The van der Waals surface area contributed by atoms with Crippen LogP contribution in [0.5, 0.6) is 0 Å². The SMILES string of the molecule is Cn1cc(C(=O)NCc2cn3ccccc3n2)c(C2CCOC2)n1. The number of fused-ring (bicyclic) bond motifs is 1. The number of carbonyl (C=O) groups is 1. The number of pyridine rings is 1. The Morgan fingerprint density at radius 1 is 1.42 bits per heavy atom. The molecule has 1 saturated heterocycles. The second kappa shape index (κ2) is 6.09. The smallest absolute Gasteiger partial charge is 0.255 e. The topological polar surface area (TPSA) is 73.5 Å². The molecule has 0 radical (unpaired) electrons. The second-order valence-electron chi connectivity index (χ2n) is 6.04. The quantitative estimate of drug-likeness (QED) is 0.789. The van der Waals surface area contributed by atoms with Gasteiger partial charge in [-0.05, 0) is 18.6 Å². The van der Waals surface area contributed by atoms with Crippen LogP contribution in [0.25, 0.3) is 5.65 Å². The predicted octanol–water partition coefficient (Wildman–Crippen LogP) is 1.50. The number of ether oxygens (including phenoxy) is 1. The van der Waals surface area contributed by atoms with Gasteiger partial charge in [0.25, 0.3) is 5.91 Å². The Bertz CT molecular complexity index is 843. The number of nitrogens with one attached hydrogen (secondary N) is 1. The van der Waals surface area contributed by atoms with E-state index in [0.717, 1.165) is 30.1 Å². The van der Waals surface area contributed by atoms with E-state index in [2.05, 4.69) is 15.4 Å². The molecule has 24 heavy (non-hydrogen) atoms. The molecule has 3 aromatic rings.